The summed E-state index contributed by atoms with van der Waals surface area (Å²) in [4.78, 5) is 11.0. The third-order valence-electron chi connectivity index (χ3n) is 5.96. The number of para-hydroxylation sites is 1. The Kier molecular flexibility index (Phi) is 8.53. The van der Waals surface area contributed by atoms with Gasteiger partial charge in [-0.25, -0.2) is 8.42 Å². The van der Waals surface area contributed by atoms with E-state index in [1.54, 1.807) is 19.9 Å². The van der Waals surface area contributed by atoms with Gasteiger partial charge in [-0.3, -0.25) is 4.79 Å². The zero-order chi connectivity index (χ0) is 28.0. The molecule has 0 fully saturated rings. The van der Waals surface area contributed by atoms with Crippen LogP contribution in [0.1, 0.15) is 19.4 Å². The third kappa shape index (κ3) is 7.16. The highest BCUT2D eigenvalue weighted by Crippen LogP contribution is 2.30. The molecule has 0 heterocycles. The molecule has 0 amide bonds. The fourth-order valence-corrected chi connectivity index (χ4v) is 5.23. The maximum atomic E-state index is 12.7. The minimum Gasteiger partial charge on any atom is -0.507 e. The normalized spacial score (nSPS) is 12.2. The van der Waals surface area contributed by atoms with Crippen molar-refractivity contribution in [1.82, 2.24) is 4.72 Å². The number of nitrogens with one attached hydrogen (secondary N) is 1. The molecule has 0 saturated carbocycles. The number of phenols is 1. The molecule has 0 spiro atoms. The van der Waals surface area contributed by atoms with Gasteiger partial charge in [-0.05, 0) is 71.1 Å². The van der Waals surface area contributed by atoms with Crippen LogP contribution in [0.25, 0.3) is 11.1 Å². The van der Waals surface area contributed by atoms with E-state index in [1.165, 1.54) is 12.1 Å². The molecule has 0 saturated heterocycles. The molecule has 0 aliphatic rings. The number of benzene rings is 4. The first-order valence-electron chi connectivity index (χ1n) is 12.3. The number of carbonyl (C=O) groups is 1. The van der Waals surface area contributed by atoms with Gasteiger partial charge in [-0.1, -0.05) is 62.4 Å². The Balaban J connectivity index is 1.38. The maximum absolute atomic E-state index is 12.7. The van der Waals surface area contributed by atoms with Crippen LogP contribution in [-0.2, 0) is 21.4 Å². The van der Waals surface area contributed by atoms with Crippen molar-refractivity contribution in [3.63, 3.8) is 0 Å². The van der Waals surface area contributed by atoms with Crippen LogP contribution in [0.15, 0.2) is 102 Å². The Hall–Kier alpha value is -4.34. The molecule has 8 nitrogen and oxygen atoms in total. The Morgan fingerprint density at radius 3 is 2.00 bits per heavy atom. The largest absolute Gasteiger partial charge is 0.507 e. The first-order chi connectivity index (χ1) is 18.6. The molecular weight excluding hydrogens is 518 g/mol. The number of carboxylic acid groups (broad SMARTS) is 1. The molecule has 3 N–H and O–H groups in total. The monoisotopic (exact) mass is 547 g/mol. The van der Waals surface area contributed by atoms with Gasteiger partial charge >= 0.3 is 5.97 Å². The average molecular weight is 548 g/mol. The van der Waals surface area contributed by atoms with Crippen molar-refractivity contribution >= 4 is 16.0 Å². The summed E-state index contributed by atoms with van der Waals surface area (Å²) in [6.45, 7) is 3.53. The topological polar surface area (TPSA) is 122 Å². The van der Waals surface area contributed by atoms with E-state index in [0.29, 0.717) is 23.7 Å². The van der Waals surface area contributed by atoms with Crippen LogP contribution < -0.4 is 14.2 Å². The van der Waals surface area contributed by atoms with Gasteiger partial charge in [0.25, 0.3) is 0 Å². The highest BCUT2D eigenvalue weighted by atomic mass is 32.2. The number of aliphatic carboxylic acids is 1. The van der Waals surface area contributed by atoms with E-state index in [1.807, 2.05) is 78.9 Å². The summed E-state index contributed by atoms with van der Waals surface area (Å²) in [6, 6.07) is 27.1. The molecule has 202 valence electrons. The maximum Gasteiger partial charge on any atom is 0.322 e. The summed E-state index contributed by atoms with van der Waals surface area (Å²) in [5, 5.41) is 19.7. The number of phenolic OH excluding ortho intramolecular Hbond substituents is 1. The quantitative estimate of drug-likeness (QED) is 0.216. The van der Waals surface area contributed by atoms with Crippen molar-refractivity contribution in [2.45, 2.75) is 31.4 Å². The van der Waals surface area contributed by atoms with Gasteiger partial charge in [0.2, 0.25) is 10.0 Å². The Morgan fingerprint density at radius 2 is 1.41 bits per heavy atom. The molecule has 1 atom stereocenters. The second-order valence-electron chi connectivity index (χ2n) is 9.24. The number of hydrogen-bond donors (Lipinski definition) is 3. The summed E-state index contributed by atoms with van der Waals surface area (Å²) >= 11 is 0. The standard InChI is InChI=1S/C30H29NO7S/c1-20(2)29(30(33)34)31-39(35,36)28-17-12-23(18-27(28)32)22-10-8-21(9-11-22)19-37-24-13-15-26(16-14-24)38-25-6-4-3-5-7-25/h3-18,20,29,31-32H,19H2,1-2H3,(H,33,34)/t29-/m1/s1. The predicted octanol–water partition coefficient (Wildman–Crippen LogP) is 5.82. The van der Waals surface area contributed by atoms with Gasteiger partial charge < -0.3 is 19.7 Å². The van der Waals surface area contributed by atoms with Crippen LogP contribution in [0.3, 0.4) is 0 Å². The Morgan fingerprint density at radius 1 is 0.821 bits per heavy atom. The highest BCUT2D eigenvalue weighted by Gasteiger charge is 2.29. The molecule has 0 unspecified atom stereocenters. The summed E-state index contributed by atoms with van der Waals surface area (Å²) in [5.74, 6) is -0.0858. The number of rotatable bonds is 11. The van der Waals surface area contributed by atoms with Crippen molar-refractivity contribution in [3.8, 4) is 34.1 Å². The molecule has 4 aromatic carbocycles. The van der Waals surface area contributed by atoms with Crippen LogP contribution in [0, 0.1) is 5.92 Å². The fourth-order valence-electron chi connectivity index (χ4n) is 3.82. The SMILES string of the molecule is CC(C)[C@@H](NS(=O)(=O)c1ccc(-c2ccc(COc3ccc(Oc4ccccc4)cc3)cc2)cc1O)C(=O)O. The van der Waals surface area contributed by atoms with Gasteiger partial charge in [0.05, 0.1) is 0 Å². The molecule has 0 aromatic heterocycles. The number of aromatic hydroxyl groups is 1. The van der Waals surface area contributed by atoms with Gasteiger partial charge in [-0.2, -0.15) is 4.72 Å². The molecule has 0 bridgehead atoms. The van der Waals surface area contributed by atoms with Crippen molar-refractivity contribution in [3.05, 3.63) is 103 Å². The van der Waals surface area contributed by atoms with Crippen molar-refractivity contribution in [2.24, 2.45) is 5.92 Å². The van der Waals surface area contributed by atoms with E-state index in [4.69, 9.17) is 9.47 Å². The number of ether oxygens (including phenoxy) is 2. The minimum absolute atomic E-state index is 0.341. The van der Waals surface area contributed by atoms with Gasteiger partial charge in [0, 0.05) is 0 Å². The van der Waals surface area contributed by atoms with E-state index in [-0.39, 0.29) is 4.90 Å². The number of sulfonamides is 1. The van der Waals surface area contributed by atoms with Crippen molar-refractivity contribution < 1.29 is 32.9 Å². The van der Waals surface area contributed by atoms with Crippen LogP contribution in [0.5, 0.6) is 23.0 Å². The third-order valence-corrected chi connectivity index (χ3v) is 7.45. The lowest BCUT2D eigenvalue weighted by atomic mass is 10.0. The van der Waals surface area contributed by atoms with E-state index in [9.17, 15) is 23.4 Å². The minimum atomic E-state index is -4.24. The average Bonchev–Trinajstić information content (AvgIpc) is 2.92. The lowest BCUT2D eigenvalue weighted by Crippen LogP contribution is -2.44. The van der Waals surface area contributed by atoms with Crippen molar-refractivity contribution in [2.75, 3.05) is 0 Å². The Labute approximate surface area is 227 Å². The second kappa shape index (κ2) is 12.0. The first kappa shape index (κ1) is 27.7. The number of carboxylic acids is 1. The highest BCUT2D eigenvalue weighted by molar-refractivity contribution is 7.89. The number of hydrogen-bond acceptors (Lipinski definition) is 6. The van der Waals surface area contributed by atoms with E-state index < -0.39 is 33.7 Å². The van der Waals surface area contributed by atoms with E-state index in [2.05, 4.69) is 4.72 Å². The lowest BCUT2D eigenvalue weighted by Gasteiger charge is -2.18. The van der Waals surface area contributed by atoms with E-state index >= 15 is 0 Å². The molecule has 0 aliphatic carbocycles. The molecule has 0 radical (unpaired) electrons. The smallest absolute Gasteiger partial charge is 0.322 e. The Bertz CT molecular complexity index is 1520. The van der Waals surface area contributed by atoms with E-state index in [0.717, 1.165) is 16.9 Å². The fraction of sp³-hybridized carbons (Fsp3) is 0.167. The first-order valence-corrected chi connectivity index (χ1v) is 13.7. The van der Waals surface area contributed by atoms with Crippen molar-refractivity contribution in [1.29, 1.82) is 0 Å². The zero-order valence-corrected chi connectivity index (χ0v) is 22.3. The van der Waals surface area contributed by atoms with Crippen LogP contribution >= 0.6 is 0 Å². The summed E-state index contributed by atoms with van der Waals surface area (Å²) < 4.78 is 39.2. The molecule has 39 heavy (non-hydrogen) atoms. The van der Waals surface area contributed by atoms with Crippen LogP contribution in [0.2, 0.25) is 0 Å². The van der Waals surface area contributed by atoms with Gasteiger partial charge in [0.15, 0.2) is 0 Å². The molecule has 4 aromatic rings. The molecular formula is C30H29NO7S. The lowest BCUT2D eigenvalue weighted by molar-refractivity contribution is -0.140. The molecule has 4 rings (SSSR count). The van der Waals surface area contributed by atoms with Gasteiger partial charge in [0.1, 0.15) is 40.5 Å². The van der Waals surface area contributed by atoms with Gasteiger partial charge in [-0.15, -0.1) is 0 Å². The molecule has 9 heteroatoms. The summed E-state index contributed by atoms with van der Waals surface area (Å²) in [6.07, 6.45) is 0. The zero-order valence-electron chi connectivity index (χ0n) is 21.4. The predicted molar refractivity (Wildman–Crippen MR) is 147 cm³/mol. The summed E-state index contributed by atoms with van der Waals surface area (Å²) in [7, 11) is -4.24. The second-order valence-corrected chi connectivity index (χ2v) is 10.9. The van der Waals surface area contributed by atoms with Crippen LogP contribution in [-0.4, -0.2) is 30.6 Å². The molecule has 0 aliphatic heterocycles. The summed E-state index contributed by atoms with van der Waals surface area (Å²) in [5.41, 5.74) is 2.29. The van der Waals surface area contributed by atoms with Crippen LogP contribution in [0.4, 0.5) is 0 Å².